The molecule has 5 heteroatoms. The van der Waals surface area contributed by atoms with Gasteiger partial charge in [-0.2, -0.15) is 6.07 Å². The van der Waals surface area contributed by atoms with Gasteiger partial charge in [-0.05, 0) is 19.2 Å². The van der Waals surface area contributed by atoms with Gasteiger partial charge in [0.1, 0.15) is 0 Å². The molecule has 0 heterocycles. The van der Waals surface area contributed by atoms with Gasteiger partial charge in [-0.15, -0.1) is 65.6 Å². The number of benzene rings is 1. The molecule has 2 aromatic carbocycles. The van der Waals surface area contributed by atoms with Crippen molar-refractivity contribution in [1.29, 1.82) is 0 Å². The van der Waals surface area contributed by atoms with Crippen LogP contribution in [-0.4, -0.2) is 19.0 Å². The van der Waals surface area contributed by atoms with Crippen LogP contribution in [0.5, 0.6) is 0 Å². The fourth-order valence-electron chi connectivity index (χ4n) is 3.73. The zero-order valence-corrected chi connectivity index (χ0v) is 18.7. The first-order chi connectivity index (χ1) is 10.7. The Morgan fingerprint density at radius 3 is 2.48 bits per heavy atom. The van der Waals surface area contributed by atoms with Crippen molar-refractivity contribution in [3.63, 3.8) is 0 Å². The number of hydrogen-bond acceptors (Lipinski definition) is 0. The zero-order chi connectivity index (χ0) is 15.1. The van der Waals surface area contributed by atoms with Crippen molar-refractivity contribution in [3.8, 4) is 0 Å². The molecule has 0 saturated heterocycles. The van der Waals surface area contributed by atoms with E-state index in [1.54, 1.807) is 5.30 Å². The van der Waals surface area contributed by atoms with Crippen molar-refractivity contribution in [2.45, 2.75) is 12.1 Å². The molecule has 4 rings (SSSR count). The van der Waals surface area contributed by atoms with Crippen LogP contribution in [0.3, 0.4) is 0 Å². The Kier molecular flexibility index (Phi) is 8.94. The number of fused-ring (bicyclic) bond motifs is 2. The van der Waals surface area contributed by atoms with Crippen molar-refractivity contribution in [3.05, 3.63) is 67.1 Å². The fraction of sp³-hybridized carbons (Fsp3) is 0.300. The Morgan fingerprint density at radius 2 is 1.76 bits per heavy atom. The van der Waals surface area contributed by atoms with Gasteiger partial charge < -0.3 is 15.8 Å². The van der Waals surface area contributed by atoms with Gasteiger partial charge >= 0.3 is 26.2 Å². The monoisotopic (exact) mass is 452 g/mol. The Balaban J connectivity index is 0.00000104. The largest absolute Gasteiger partial charge is 4.00 e. The zero-order valence-electron chi connectivity index (χ0n) is 14.4. The molecule has 2 aromatic rings. The van der Waals surface area contributed by atoms with Crippen LogP contribution in [0.1, 0.15) is 6.42 Å². The van der Waals surface area contributed by atoms with Crippen molar-refractivity contribution >= 4 is 31.3 Å². The molecule has 0 nitrogen and oxygen atoms in total. The Bertz CT molecular complexity index is 687. The summed E-state index contributed by atoms with van der Waals surface area (Å²) in [6, 6.07) is 13.6. The molecule has 1 saturated carbocycles. The smallest absolute Gasteiger partial charge is 1.00 e. The summed E-state index contributed by atoms with van der Waals surface area (Å²) >= 11 is 0. The number of hydrogen-bond donors (Lipinski definition) is 0. The van der Waals surface area contributed by atoms with Crippen LogP contribution >= 0.6 is 15.2 Å². The van der Waals surface area contributed by atoms with Gasteiger partial charge in [0.2, 0.25) is 0 Å². The van der Waals surface area contributed by atoms with E-state index in [9.17, 15) is 0 Å². The summed E-state index contributed by atoms with van der Waals surface area (Å²) in [5, 5.41) is 4.41. The summed E-state index contributed by atoms with van der Waals surface area (Å²) in [6.45, 7) is 5.03. The van der Waals surface area contributed by atoms with Gasteiger partial charge in [-0.3, -0.25) is 0 Å². The van der Waals surface area contributed by atoms with Crippen molar-refractivity contribution in [2.24, 2.45) is 11.8 Å². The Labute approximate surface area is 170 Å². The Hall–Kier alpha value is -0.0869. The van der Waals surface area contributed by atoms with Crippen LogP contribution in [-0.2, 0) is 26.2 Å². The maximum atomic E-state index is 2.65. The summed E-state index contributed by atoms with van der Waals surface area (Å²) < 4.78 is 0. The molecule has 1 fully saturated rings. The predicted molar refractivity (Wildman–Crippen MR) is 103 cm³/mol. The normalized spacial score (nSPS) is 26.1. The molecule has 0 bridgehead atoms. The Morgan fingerprint density at radius 1 is 1.04 bits per heavy atom. The maximum Gasteiger partial charge on any atom is 4.00 e. The van der Waals surface area contributed by atoms with Crippen molar-refractivity contribution in [2.75, 3.05) is 13.3 Å². The third kappa shape index (κ3) is 4.61. The van der Waals surface area contributed by atoms with Crippen LogP contribution in [0.2, 0.25) is 0 Å². The van der Waals surface area contributed by atoms with Crippen LogP contribution in [0.15, 0.2) is 60.7 Å². The topological polar surface area (TPSA) is 0 Å². The van der Waals surface area contributed by atoms with Gasteiger partial charge in [-0.25, -0.2) is 0 Å². The first kappa shape index (κ1) is 23.0. The first-order valence-electron chi connectivity index (χ1n) is 8.04. The number of rotatable bonds is 3. The van der Waals surface area contributed by atoms with Crippen molar-refractivity contribution in [1.82, 2.24) is 0 Å². The van der Waals surface area contributed by atoms with E-state index in [0.717, 1.165) is 11.6 Å². The third-order valence-electron chi connectivity index (χ3n) is 5.18. The summed E-state index contributed by atoms with van der Waals surface area (Å²) in [5.74, 6) is 1.46. The van der Waals surface area contributed by atoms with Gasteiger partial charge in [0.15, 0.2) is 0 Å². The van der Waals surface area contributed by atoms with E-state index in [1.807, 2.05) is 0 Å². The SMILES string of the molecule is CP(c1cc2ccccc2[cH-]1)P(C)C1[CH-]C2C=CC=CC2C1.[F-].[F-].[Zr+4]. The van der Waals surface area contributed by atoms with Crippen LogP contribution in [0, 0.1) is 18.3 Å². The molecule has 0 N–H and O–H groups in total. The van der Waals surface area contributed by atoms with E-state index >= 15 is 0 Å². The maximum absolute atomic E-state index is 2.65. The third-order valence-corrected chi connectivity index (χ3v) is 12.9. The second-order valence-electron chi connectivity index (χ2n) is 6.45. The summed E-state index contributed by atoms with van der Waals surface area (Å²) in [7, 11) is 0.0115. The van der Waals surface area contributed by atoms with Crippen LogP contribution < -0.4 is 14.7 Å². The van der Waals surface area contributed by atoms with E-state index in [-0.39, 0.29) is 50.8 Å². The van der Waals surface area contributed by atoms with E-state index < -0.39 is 0 Å². The van der Waals surface area contributed by atoms with E-state index in [1.165, 1.54) is 17.2 Å². The second kappa shape index (κ2) is 9.73. The van der Waals surface area contributed by atoms with E-state index in [0.29, 0.717) is 5.92 Å². The predicted octanol–water partition coefficient (Wildman–Crippen LogP) is -0.337. The quantitative estimate of drug-likeness (QED) is 0.441. The number of halogens is 2. The summed E-state index contributed by atoms with van der Waals surface area (Å²) in [4.78, 5) is 0. The first-order valence-corrected chi connectivity index (χ1v) is 12.4. The van der Waals surface area contributed by atoms with Gasteiger partial charge in [0.05, 0.1) is 0 Å². The molecule has 130 valence electrons. The van der Waals surface area contributed by atoms with Crippen LogP contribution in [0.25, 0.3) is 10.8 Å². The molecule has 5 unspecified atom stereocenters. The molecule has 0 aromatic heterocycles. The minimum absolute atomic E-state index is 0. The molecular weight excluding hydrogens is 431 g/mol. The average molecular weight is 454 g/mol. The molecular formula is C20H22F2P2Zr. The molecule has 2 aliphatic rings. The summed E-state index contributed by atoms with van der Waals surface area (Å²) in [6.07, 6.45) is 13.3. The van der Waals surface area contributed by atoms with E-state index in [2.05, 4.69) is 80.5 Å². The molecule has 2 aliphatic carbocycles. The molecule has 0 aliphatic heterocycles. The standard InChI is InChI=1S/C20H22P2.2FH.Zr/c1-21(19-11-15-7-3-4-8-16(15)12-19)22(2)20-13-17-9-5-6-10-18(17)14-20;;;/h3-13,17-18,20H,14H2,1-2H3;2*1H;/q-2;;;+4/p-2. The average Bonchev–Trinajstić information content (AvgIpc) is 3.16. The summed E-state index contributed by atoms with van der Waals surface area (Å²) in [5.41, 5.74) is 0.825. The fourth-order valence-corrected chi connectivity index (χ4v) is 9.47. The molecule has 25 heavy (non-hydrogen) atoms. The molecule has 0 spiro atoms. The molecule has 0 amide bonds. The van der Waals surface area contributed by atoms with Gasteiger partial charge in [0.25, 0.3) is 0 Å². The van der Waals surface area contributed by atoms with Gasteiger partial charge in [0, 0.05) is 0 Å². The van der Waals surface area contributed by atoms with Crippen LogP contribution in [0.4, 0.5) is 0 Å². The van der Waals surface area contributed by atoms with Crippen molar-refractivity contribution < 1.29 is 35.6 Å². The second-order valence-corrected chi connectivity index (χ2v) is 13.5. The van der Waals surface area contributed by atoms with E-state index in [4.69, 9.17) is 0 Å². The molecule has 5 atom stereocenters. The molecule has 0 radical (unpaired) electrons. The number of allylic oxidation sites excluding steroid dienone is 4. The minimum atomic E-state index is -0.0371. The minimum Gasteiger partial charge on any atom is -1.00 e. The van der Waals surface area contributed by atoms with Gasteiger partial charge in [-0.1, -0.05) is 38.3 Å².